The summed E-state index contributed by atoms with van der Waals surface area (Å²) in [6.45, 7) is 8.47. The molecule has 3 aliphatic rings. The second-order valence-corrected chi connectivity index (χ2v) is 17.3. The van der Waals surface area contributed by atoms with Gasteiger partial charge in [0.05, 0.1) is 31.0 Å². The number of ether oxygens (including phenoxy) is 3. The van der Waals surface area contributed by atoms with Gasteiger partial charge in [0.1, 0.15) is 56.2 Å². The Bertz CT molecular complexity index is 2780. The Morgan fingerprint density at radius 2 is 0.984 bits per heavy atom. The number of nitrogens with zero attached hydrogens (tertiary/aromatic N) is 6. The summed E-state index contributed by atoms with van der Waals surface area (Å²) in [5.74, 6) is 1.26. The number of hydrogen-bond donors (Lipinski definition) is 7. The third-order valence-corrected chi connectivity index (χ3v) is 13.0. The molecule has 9 rings (SSSR count). The van der Waals surface area contributed by atoms with E-state index in [1.807, 2.05) is 13.8 Å². The van der Waals surface area contributed by atoms with E-state index in [0.717, 1.165) is 40.4 Å². The number of aromatic amines is 3. The molecule has 9 heterocycles. The summed E-state index contributed by atoms with van der Waals surface area (Å²) in [7, 11) is 0. The fraction of sp³-hybridized carbons (Fsp3) is 0.583. The summed E-state index contributed by atoms with van der Waals surface area (Å²) in [6.07, 6.45) is -2.97. The Hall–Kier alpha value is -4.57. The highest BCUT2D eigenvalue weighted by Gasteiger charge is 2.39. The van der Waals surface area contributed by atoms with Crippen LogP contribution in [0.2, 0.25) is 0 Å². The number of nitrogens with one attached hydrogen (secondary N) is 3. The van der Waals surface area contributed by atoms with Crippen molar-refractivity contribution < 1.29 is 34.6 Å². The summed E-state index contributed by atoms with van der Waals surface area (Å²) in [6, 6.07) is 0. The van der Waals surface area contributed by atoms with Gasteiger partial charge < -0.3 is 49.6 Å². The molecule has 9 atom stereocenters. The zero-order chi connectivity index (χ0) is 43.3. The van der Waals surface area contributed by atoms with Crippen molar-refractivity contribution in [2.45, 2.75) is 129 Å². The Balaban J connectivity index is 0.000000152. The number of rotatable bonds is 6. The van der Waals surface area contributed by atoms with Crippen molar-refractivity contribution in [2.24, 2.45) is 0 Å². The zero-order valence-electron chi connectivity index (χ0n) is 32.8. The number of hydrogen-bond acceptors (Lipinski definition) is 19. The third kappa shape index (κ3) is 8.89. The van der Waals surface area contributed by atoms with Crippen molar-refractivity contribution in [3.05, 3.63) is 77.5 Å². The maximum atomic E-state index is 12.1. The van der Waals surface area contributed by atoms with Crippen molar-refractivity contribution in [3.8, 4) is 0 Å². The summed E-state index contributed by atoms with van der Waals surface area (Å²) >= 11 is 2.46. The van der Waals surface area contributed by atoms with Gasteiger partial charge in [0.2, 0.25) is 0 Å². The molecule has 6 aromatic rings. The summed E-state index contributed by atoms with van der Waals surface area (Å²) < 4.78 is 21.6. The van der Waals surface area contributed by atoms with Gasteiger partial charge in [-0.2, -0.15) is 0 Å². The highest BCUT2D eigenvalue weighted by molar-refractivity contribution is 7.16. The lowest BCUT2D eigenvalue weighted by molar-refractivity contribution is -0.0437. The lowest BCUT2D eigenvalue weighted by atomic mass is 10.1. The first-order chi connectivity index (χ1) is 28.5. The van der Waals surface area contributed by atoms with Crippen LogP contribution in [0.15, 0.2) is 28.8 Å². The summed E-state index contributed by atoms with van der Waals surface area (Å²) in [5, 5.41) is 38.8. The molecule has 3 aliphatic heterocycles. The molecular formula is C36H47N9O13S3. The fourth-order valence-electron chi connectivity index (χ4n) is 7.35. The first-order valence-electron chi connectivity index (χ1n) is 19.0. The number of aliphatic hydroxyl groups excluding tert-OH is 4. The first-order valence-corrected chi connectivity index (χ1v) is 21.5. The van der Waals surface area contributed by atoms with E-state index in [4.69, 9.17) is 19.3 Å². The van der Waals surface area contributed by atoms with Gasteiger partial charge >= 0.3 is 14.6 Å². The van der Waals surface area contributed by atoms with Gasteiger partial charge in [-0.25, -0.2) is 15.0 Å². The minimum absolute atomic E-state index is 0. The van der Waals surface area contributed by atoms with E-state index in [2.05, 4.69) is 29.9 Å². The van der Waals surface area contributed by atoms with E-state index in [-0.39, 0.29) is 84.7 Å². The van der Waals surface area contributed by atoms with Crippen LogP contribution in [0.4, 0.5) is 0 Å². The van der Waals surface area contributed by atoms with Gasteiger partial charge in [-0.15, -0.1) is 0 Å². The normalized spacial score (nSPS) is 26.0. The zero-order valence-corrected chi connectivity index (χ0v) is 35.3. The largest absolute Gasteiger partial charge is 0.394 e. The van der Waals surface area contributed by atoms with Crippen LogP contribution in [0.3, 0.4) is 0 Å². The topological polar surface area (TPSA) is 312 Å². The standard InChI is InChI=1S/2C12H15N3O4S.C11H13N3O5S.CH4/c1-3-7-6(16)4-8(19-7)15-10-9(20-12(15)18)11(17)14-5(2)13-10;1-3-6-4-7(16)11(19-6)15-9-8(20-12(15)18)10(17)14-5(2)13-9;1-4-12-9-8(10(17)13-4)20-11(18)14(9)7-2-5(16)6(3-15)19-7;/h6-8,16H,3-4H2,1-2H3,(H,13,14,17);6-7,11,16H,3-4H2,1-2H3,(H,13,14,17);5-7,15-16H,2-3H2,1H3,(H,12,13,17);1H4/t6-,7+,8+;6-,7-,11-;5-,6+,7+;/m010./s1. The monoisotopic (exact) mass is 909 g/mol. The number of aryl methyl sites for hydroxylation is 3. The molecule has 0 bridgehead atoms. The van der Waals surface area contributed by atoms with Crippen molar-refractivity contribution in [1.29, 1.82) is 0 Å². The lowest BCUT2D eigenvalue weighted by Crippen LogP contribution is -2.27. The molecule has 0 spiro atoms. The molecule has 3 saturated heterocycles. The smallest absolute Gasteiger partial charge is 0.311 e. The van der Waals surface area contributed by atoms with Crippen molar-refractivity contribution >= 4 is 65.1 Å². The highest BCUT2D eigenvalue weighted by Crippen LogP contribution is 2.33. The van der Waals surface area contributed by atoms with Gasteiger partial charge in [0, 0.05) is 19.3 Å². The quantitative estimate of drug-likeness (QED) is 0.121. The summed E-state index contributed by atoms with van der Waals surface area (Å²) in [4.78, 5) is 91.1. The second-order valence-electron chi connectivity index (χ2n) is 14.4. The summed E-state index contributed by atoms with van der Waals surface area (Å²) in [5.41, 5.74) is -0.174. The molecule has 22 nitrogen and oxygen atoms in total. The van der Waals surface area contributed by atoms with Gasteiger partial charge in [-0.05, 0) is 33.6 Å². The van der Waals surface area contributed by atoms with Crippen molar-refractivity contribution in [2.75, 3.05) is 6.61 Å². The van der Waals surface area contributed by atoms with Crippen LogP contribution in [-0.4, -0.2) is 107 Å². The maximum Gasteiger partial charge on any atom is 0.311 e. The van der Waals surface area contributed by atoms with E-state index in [9.17, 15) is 44.1 Å². The lowest BCUT2D eigenvalue weighted by Gasteiger charge is -2.15. The molecule has 0 amide bonds. The molecule has 25 heteroatoms. The van der Waals surface area contributed by atoms with Crippen LogP contribution >= 0.6 is 34.0 Å². The minimum atomic E-state index is -0.852. The van der Waals surface area contributed by atoms with Gasteiger partial charge in [0.15, 0.2) is 23.2 Å². The van der Waals surface area contributed by atoms with E-state index in [1.54, 1.807) is 20.8 Å². The second kappa shape index (κ2) is 18.4. The molecule has 0 saturated carbocycles. The molecule has 7 N–H and O–H groups in total. The van der Waals surface area contributed by atoms with E-state index < -0.39 is 43.1 Å². The van der Waals surface area contributed by atoms with Crippen LogP contribution in [0.25, 0.3) is 31.0 Å². The molecule has 3 fully saturated rings. The van der Waals surface area contributed by atoms with Gasteiger partial charge in [0.25, 0.3) is 16.7 Å². The van der Waals surface area contributed by atoms with Crippen LogP contribution in [0, 0.1) is 20.8 Å². The van der Waals surface area contributed by atoms with Crippen molar-refractivity contribution in [3.63, 3.8) is 0 Å². The van der Waals surface area contributed by atoms with E-state index in [0.29, 0.717) is 47.1 Å². The molecular weight excluding hydrogens is 863 g/mol. The Morgan fingerprint density at radius 3 is 1.34 bits per heavy atom. The van der Waals surface area contributed by atoms with Gasteiger partial charge in [-0.1, -0.05) is 55.3 Å². The Kier molecular flexibility index (Phi) is 13.9. The van der Waals surface area contributed by atoms with Crippen molar-refractivity contribution in [1.82, 2.24) is 43.6 Å². The molecule has 6 aromatic heterocycles. The maximum absolute atomic E-state index is 12.1. The number of H-pyrrole nitrogens is 3. The molecule has 0 radical (unpaired) electrons. The predicted octanol–water partition coefficient (Wildman–Crippen LogP) is 0.758. The average molecular weight is 910 g/mol. The van der Waals surface area contributed by atoms with Crippen LogP contribution in [-0.2, 0) is 14.2 Å². The highest BCUT2D eigenvalue weighted by atomic mass is 32.1. The minimum Gasteiger partial charge on any atom is -0.394 e. The molecule has 0 aliphatic carbocycles. The molecule has 61 heavy (non-hydrogen) atoms. The number of thiazole rings is 3. The van der Waals surface area contributed by atoms with E-state index in [1.165, 1.54) is 13.7 Å². The third-order valence-electron chi connectivity index (χ3n) is 10.2. The number of aromatic nitrogens is 9. The van der Waals surface area contributed by atoms with Crippen LogP contribution < -0.4 is 31.3 Å². The molecule has 0 aromatic carbocycles. The number of fused-ring (bicyclic) bond motifs is 3. The molecule has 332 valence electrons. The van der Waals surface area contributed by atoms with E-state index >= 15 is 0 Å². The average Bonchev–Trinajstić information content (AvgIpc) is 4.03. The van der Waals surface area contributed by atoms with Crippen LogP contribution in [0.5, 0.6) is 0 Å². The molecule has 0 unspecified atom stereocenters. The fourth-order valence-corrected chi connectivity index (χ4v) is 9.91. The Morgan fingerprint density at radius 1 is 0.590 bits per heavy atom. The Labute approximate surface area is 355 Å². The predicted molar refractivity (Wildman–Crippen MR) is 226 cm³/mol. The SMILES string of the molecule is C.CC[C@@H]1C[C@@H](O)[C@H](n2c(=O)sc3c(=O)[nH]c(C)nc32)O1.CC[C@H]1O[C@@H](n2c(=O)sc3c(=O)[nH]c(C)nc32)C[C@@H]1O.Cc1nc2c(sc(=O)n2[C@H]2C[C@H](O)[C@@H](CO)O2)c(=O)[nH]1. The van der Waals surface area contributed by atoms with Crippen LogP contribution in [0.1, 0.15) is 89.5 Å². The first kappa shape index (κ1) is 45.9. The van der Waals surface area contributed by atoms with Gasteiger partial charge in [-0.3, -0.25) is 42.5 Å². The number of aliphatic hydroxyl groups is 4.